The van der Waals surface area contributed by atoms with Crippen LogP contribution in [0.25, 0.3) is 11.3 Å². The quantitative estimate of drug-likeness (QED) is 0.348. The van der Waals surface area contributed by atoms with Crippen LogP contribution in [0.3, 0.4) is 0 Å². The second kappa shape index (κ2) is 19.1. The molecule has 3 heterocycles. The monoisotopic (exact) mass is 633 g/mol. The first-order valence-electron chi connectivity index (χ1n) is 13.0. The summed E-state index contributed by atoms with van der Waals surface area (Å²) in [6.07, 6.45) is -5.78. The molecule has 1 amide bonds. The SMILES string of the molecule is C=O.C=O.CC.CN1CCC[C@H]1C(=O)NCc1cc(-c2cnc(C(F)(F)F)nc2)ncc1C(F)(F)F.Cc1ccc(F)cc1. The van der Waals surface area contributed by atoms with E-state index in [4.69, 9.17) is 9.59 Å². The number of halogens is 7. The number of aromatic nitrogens is 3. The standard InChI is InChI=1S/C18H17F6N5O.C7H7F.C2H6.2CH2O/c1-29-4-2-3-14(29)15(30)26-6-10-5-13(25-9-12(10)17(19,20)21)11-7-27-16(28-8-11)18(22,23)24;1-6-2-4-7(8)5-3-6;3*1-2/h5,7-9,14H,2-4,6H2,1H3,(H,26,30);2-5H,1H3;1-2H3;2*1H2/t14-;;;;/m0..../s1. The smallest absolute Gasteiger partial charge is 0.351 e. The Labute approximate surface area is 250 Å². The molecule has 0 aliphatic carbocycles. The third kappa shape index (κ3) is 12.5. The van der Waals surface area contributed by atoms with Crippen molar-refractivity contribution in [2.24, 2.45) is 0 Å². The predicted molar refractivity (Wildman–Crippen MR) is 149 cm³/mol. The topological polar surface area (TPSA) is 105 Å². The van der Waals surface area contributed by atoms with Gasteiger partial charge in [-0.05, 0) is 57.1 Å². The summed E-state index contributed by atoms with van der Waals surface area (Å²) in [5.41, 5.74) is -0.245. The van der Waals surface area contributed by atoms with Crippen LogP contribution in [0.2, 0.25) is 0 Å². The van der Waals surface area contributed by atoms with Gasteiger partial charge < -0.3 is 14.9 Å². The lowest BCUT2D eigenvalue weighted by molar-refractivity contribution is -0.145. The van der Waals surface area contributed by atoms with Crippen LogP contribution in [0.1, 0.15) is 49.2 Å². The third-order valence-corrected chi connectivity index (χ3v) is 5.78. The van der Waals surface area contributed by atoms with Gasteiger partial charge in [0.1, 0.15) is 19.4 Å². The molecule has 2 aromatic heterocycles. The molecule has 0 spiro atoms. The largest absolute Gasteiger partial charge is 0.451 e. The molecule has 8 nitrogen and oxygen atoms in total. The number of benzene rings is 1. The molecule has 1 N–H and O–H groups in total. The van der Waals surface area contributed by atoms with E-state index in [-0.39, 0.29) is 28.5 Å². The molecule has 1 aliphatic rings. The van der Waals surface area contributed by atoms with E-state index in [9.17, 15) is 35.5 Å². The zero-order chi connectivity index (χ0) is 34.1. The van der Waals surface area contributed by atoms with E-state index >= 15 is 0 Å². The molecule has 4 rings (SSSR count). The van der Waals surface area contributed by atoms with Crippen LogP contribution in [0.4, 0.5) is 30.7 Å². The van der Waals surface area contributed by atoms with Gasteiger partial charge in [-0.2, -0.15) is 26.3 Å². The maximum absolute atomic E-state index is 13.3. The second-order valence-corrected chi connectivity index (χ2v) is 8.67. The van der Waals surface area contributed by atoms with Crippen molar-refractivity contribution in [2.45, 2.75) is 58.6 Å². The lowest BCUT2D eigenvalue weighted by Gasteiger charge is -2.20. The van der Waals surface area contributed by atoms with Gasteiger partial charge in [-0.15, -0.1) is 0 Å². The molecular weight excluding hydrogens is 599 g/mol. The molecule has 1 aliphatic heterocycles. The van der Waals surface area contributed by atoms with Crippen LogP contribution in [-0.4, -0.2) is 59.0 Å². The summed E-state index contributed by atoms with van der Waals surface area (Å²) in [4.78, 5) is 40.2. The Morgan fingerprint density at radius 3 is 1.91 bits per heavy atom. The van der Waals surface area contributed by atoms with Crippen LogP contribution < -0.4 is 5.32 Å². The fourth-order valence-corrected chi connectivity index (χ4v) is 3.74. The average molecular weight is 634 g/mol. The fraction of sp³-hybridized carbons (Fsp3) is 0.379. The number of rotatable bonds is 4. The van der Waals surface area contributed by atoms with Crippen molar-refractivity contribution >= 4 is 19.5 Å². The van der Waals surface area contributed by atoms with Gasteiger partial charge in [-0.25, -0.2) is 14.4 Å². The first-order valence-corrected chi connectivity index (χ1v) is 13.0. The van der Waals surface area contributed by atoms with E-state index < -0.39 is 36.3 Å². The highest BCUT2D eigenvalue weighted by Crippen LogP contribution is 2.33. The Kier molecular flexibility index (Phi) is 17.2. The second-order valence-electron chi connectivity index (χ2n) is 8.67. The van der Waals surface area contributed by atoms with Crippen molar-refractivity contribution in [2.75, 3.05) is 13.6 Å². The van der Waals surface area contributed by atoms with Crippen LogP contribution in [0.5, 0.6) is 0 Å². The van der Waals surface area contributed by atoms with Crippen molar-refractivity contribution in [1.29, 1.82) is 0 Å². The first kappa shape index (κ1) is 39.7. The third-order valence-electron chi connectivity index (χ3n) is 5.78. The molecule has 1 fully saturated rings. The number of carbonyl (C=O) groups excluding carboxylic acids is 3. The molecule has 1 atom stereocenters. The fourth-order valence-electron chi connectivity index (χ4n) is 3.74. The highest BCUT2D eigenvalue weighted by molar-refractivity contribution is 5.82. The van der Waals surface area contributed by atoms with Crippen molar-refractivity contribution in [3.05, 3.63) is 77.3 Å². The molecule has 0 saturated carbocycles. The number of amides is 1. The van der Waals surface area contributed by atoms with Gasteiger partial charge in [0.2, 0.25) is 11.7 Å². The van der Waals surface area contributed by atoms with Gasteiger partial charge in [0.15, 0.2) is 0 Å². The van der Waals surface area contributed by atoms with Crippen molar-refractivity contribution in [3.63, 3.8) is 0 Å². The number of nitrogens with one attached hydrogen (secondary N) is 1. The van der Waals surface area contributed by atoms with Crippen LogP contribution in [0.15, 0.2) is 48.9 Å². The average Bonchev–Trinajstić information content (AvgIpc) is 3.45. The van der Waals surface area contributed by atoms with Crippen molar-refractivity contribution in [1.82, 2.24) is 25.2 Å². The van der Waals surface area contributed by atoms with Gasteiger partial charge in [0, 0.05) is 30.7 Å². The maximum atomic E-state index is 13.3. The van der Waals surface area contributed by atoms with E-state index in [1.54, 1.807) is 19.2 Å². The molecule has 0 bridgehead atoms. The summed E-state index contributed by atoms with van der Waals surface area (Å²) in [6.45, 7) is 10.2. The summed E-state index contributed by atoms with van der Waals surface area (Å²) in [5.74, 6) is -1.93. The highest BCUT2D eigenvalue weighted by Gasteiger charge is 2.36. The Bertz CT molecular complexity index is 1250. The molecule has 242 valence electrons. The van der Waals surface area contributed by atoms with Crippen LogP contribution in [-0.2, 0) is 33.3 Å². The minimum absolute atomic E-state index is 0.0137. The van der Waals surface area contributed by atoms with E-state index in [0.29, 0.717) is 12.6 Å². The van der Waals surface area contributed by atoms with Crippen molar-refractivity contribution in [3.8, 4) is 11.3 Å². The number of alkyl halides is 6. The number of aryl methyl sites for hydroxylation is 1. The molecule has 1 aromatic carbocycles. The van der Waals surface area contributed by atoms with Gasteiger partial charge >= 0.3 is 12.4 Å². The van der Waals surface area contributed by atoms with E-state index in [2.05, 4.69) is 20.3 Å². The van der Waals surface area contributed by atoms with Gasteiger partial charge in [-0.3, -0.25) is 14.7 Å². The molecular formula is C29H34F7N5O3. The van der Waals surface area contributed by atoms with Crippen LogP contribution in [0, 0.1) is 12.7 Å². The number of hydrogen-bond donors (Lipinski definition) is 1. The minimum atomic E-state index is -4.74. The summed E-state index contributed by atoms with van der Waals surface area (Å²) < 4.78 is 89.9. The number of likely N-dealkylation sites (tertiary alicyclic amines) is 1. The normalized spacial score (nSPS) is 14.2. The number of carbonyl (C=O) groups is 3. The predicted octanol–water partition coefficient (Wildman–Crippen LogP) is 6.08. The number of nitrogens with zero attached hydrogens (tertiary/aromatic N) is 4. The van der Waals surface area contributed by atoms with Crippen molar-refractivity contribution < 1.29 is 45.1 Å². The number of likely N-dealkylation sites (N-methyl/N-ethyl adjacent to an activating group) is 1. The Morgan fingerprint density at radius 1 is 0.932 bits per heavy atom. The van der Waals surface area contributed by atoms with Crippen LogP contribution >= 0.6 is 0 Å². The summed E-state index contributed by atoms with van der Waals surface area (Å²) in [5, 5.41) is 2.50. The minimum Gasteiger partial charge on any atom is -0.351 e. The molecule has 15 heteroatoms. The summed E-state index contributed by atoms with van der Waals surface area (Å²) in [7, 11) is 1.76. The first-order chi connectivity index (χ1) is 20.8. The Hall–Kier alpha value is -4.27. The summed E-state index contributed by atoms with van der Waals surface area (Å²) >= 11 is 0. The number of hydrogen-bond acceptors (Lipinski definition) is 7. The molecule has 0 radical (unpaired) electrons. The zero-order valence-corrected chi connectivity index (χ0v) is 24.6. The van der Waals surface area contributed by atoms with Gasteiger partial charge in [0.05, 0.1) is 17.3 Å². The van der Waals surface area contributed by atoms with E-state index in [1.807, 2.05) is 39.2 Å². The molecule has 0 unspecified atom stereocenters. The number of pyridine rings is 1. The lowest BCUT2D eigenvalue weighted by atomic mass is 10.1. The Balaban J connectivity index is 0.00000111. The van der Waals surface area contributed by atoms with E-state index in [0.717, 1.165) is 37.0 Å². The molecule has 44 heavy (non-hydrogen) atoms. The van der Waals surface area contributed by atoms with Gasteiger partial charge in [-0.1, -0.05) is 31.5 Å². The van der Waals surface area contributed by atoms with Gasteiger partial charge in [0.25, 0.3) is 0 Å². The highest BCUT2D eigenvalue weighted by atomic mass is 19.4. The molecule has 1 saturated heterocycles. The lowest BCUT2D eigenvalue weighted by Crippen LogP contribution is -2.41. The Morgan fingerprint density at radius 2 is 1.48 bits per heavy atom. The van der Waals surface area contributed by atoms with E-state index in [1.165, 1.54) is 12.1 Å². The summed E-state index contributed by atoms with van der Waals surface area (Å²) in [6, 6.07) is 7.05. The molecule has 3 aromatic rings. The maximum Gasteiger partial charge on any atom is 0.451 e. The zero-order valence-electron chi connectivity index (χ0n) is 24.6.